The Morgan fingerprint density at radius 3 is 2.75 bits per heavy atom. The quantitative estimate of drug-likeness (QED) is 0.792. The first-order valence-corrected chi connectivity index (χ1v) is 6.20. The molecule has 1 atom stereocenters. The lowest BCUT2D eigenvalue weighted by Crippen LogP contribution is -2.53. The summed E-state index contributed by atoms with van der Waals surface area (Å²) < 4.78 is 19.1. The number of benzene rings is 1. The molecule has 3 N–H and O–H groups in total. The van der Waals surface area contributed by atoms with Crippen molar-refractivity contribution in [2.75, 3.05) is 10.6 Å². The minimum Gasteiger partial charge on any atom is -0.480 e. The molecule has 2 aliphatic rings. The number of halogens is 1. The number of carbonyl (C=O) groups is 2. The molecule has 1 aromatic carbocycles. The standard InChI is InChI=1S/C13H13FN2O4/c1-6(11(17)18)16-9-5-8(15)7(14)4-10(9)20-13(2-3-13)12(16)19/h4-6H,2-3,15H2,1H3,(H,17,18). The normalized spacial score (nSPS) is 20.3. The molecule has 0 saturated heterocycles. The summed E-state index contributed by atoms with van der Waals surface area (Å²) in [5.74, 6) is -2.06. The summed E-state index contributed by atoms with van der Waals surface area (Å²) in [7, 11) is 0. The van der Waals surface area contributed by atoms with Crippen LogP contribution < -0.4 is 15.4 Å². The van der Waals surface area contributed by atoms with Gasteiger partial charge in [-0.05, 0) is 13.0 Å². The number of carboxylic acid groups (broad SMARTS) is 1. The lowest BCUT2D eigenvalue weighted by atomic mass is 10.1. The van der Waals surface area contributed by atoms with E-state index in [0.29, 0.717) is 12.8 Å². The van der Waals surface area contributed by atoms with Crippen LogP contribution in [0, 0.1) is 5.82 Å². The summed E-state index contributed by atoms with van der Waals surface area (Å²) in [5.41, 5.74) is 4.50. The van der Waals surface area contributed by atoms with Gasteiger partial charge < -0.3 is 15.6 Å². The molecule has 7 heteroatoms. The second-order valence-corrected chi connectivity index (χ2v) is 5.13. The largest absolute Gasteiger partial charge is 0.480 e. The molecule has 6 nitrogen and oxygen atoms in total. The summed E-state index contributed by atoms with van der Waals surface area (Å²) in [6.07, 6.45) is 1.00. The minimum atomic E-state index is -1.15. The van der Waals surface area contributed by atoms with E-state index < -0.39 is 29.3 Å². The first-order chi connectivity index (χ1) is 9.35. The number of rotatable bonds is 2. The van der Waals surface area contributed by atoms with Crippen molar-refractivity contribution in [3.8, 4) is 5.75 Å². The van der Waals surface area contributed by atoms with Crippen molar-refractivity contribution in [3.05, 3.63) is 17.9 Å². The van der Waals surface area contributed by atoms with E-state index in [9.17, 15) is 14.0 Å². The first kappa shape index (κ1) is 12.7. The van der Waals surface area contributed by atoms with E-state index in [4.69, 9.17) is 15.6 Å². The number of nitrogen functional groups attached to an aromatic ring is 1. The Hall–Kier alpha value is -2.31. The maximum atomic E-state index is 13.5. The van der Waals surface area contributed by atoms with Crippen LogP contribution in [0.25, 0.3) is 0 Å². The molecule has 0 aromatic heterocycles. The third-order valence-corrected chi connectivity index (χ3v) is 3.70. The second-order valence-electron chi connectivity index (χ2n) is 5.13. The molecule has 1 saturated carbocycles. The van der Waals surface area contributed by atoms with Gasteiger partial charge in [0.25, 0.3) is 5.91 Å². The Labute approximate surface area is 113 Å². The van der Waals surface area contributed by atoms with E-state index in [0.717, 1.165) is 11.0 Å². The van der Waals surface area contributed by atoms with E-state index in [1.165, 1.54) is 13.0 Å². The van der Waals surface area contributed by atoms with Gasteiger partial charge in [0.2, 0.25) is 0 Å². The van der Waals surface area contributed by atoms with Gasteiger partial charge in [-0.3, -0.25) is 9.69 Å². The van der Waals surface area contributed by atoms with Gasteiger partial charge in [0, 0.05) is 18.9 Å². The average molecular weight is 280 g/mol. The van der Waals surface area contributed by atoms with Crippen molar-refractivity contribution in [2.24, 2.45) is 0 Å². The lowest BCUT2D eigenvalue weighted by molar-refractivity contribution is -0.141. The number of carboxylic acids is 1. The molecule has 1 fully saturated rings. The van der Waals surface area contributed by atoms with Gasteiger partial charge in [0.05, 0.1) is 11.4 Å². The molecule has 20 heavy (non-hydrogen) atoms. The fraction of sp³-hybridized carbons (Fsp3) is 0.385. The highest BCUT2D eigenvalue weighted by atomic mass is 19.1. The Balaban J connectivity index is 2.16. The molecule has 1 aliphatic carbocycles. The van der Waals surface area contributed by atoms with Crippen LogP contribution >= 0.6 is 0 Å². The van der Waals surface area contributed by atoms with E-state index in [2.05, 4.69) is 0 Å². The molecule has 1 aliphatic heterocycles. The van der Waals surface area contributed by atoms with E-state index in [-0.39, 0.29) is 17.1 Å². The van der Waals surface area contributed by atoms with Gasteiger partial charge in [-0.25, -0.2) is 9.18 Å². The van der Waals surface area contributed by atoms with Gasteiger partial charge >= 0.3 is 5.97 Å². The Kier molecular flexibility index (Phi) is 2.44. The lowest BCUT2D eigenvalue weighted by Gasteiger charge is -2.37. The summed E-state index contributed by atoms with van der Waals surface area (Å²) in [6.45, 7) is 1.39. The van der Waals surface area contributed by atoms with Crippen LogP contribution in [0.2, 0.25) is 0 Å². The predicted molar refractivity (Wildman–Crippen MR) is 68.0 cm³/mol. The van der Waals surface area contributed by atoms with Crippen molar-refractivity contribution in [3.63, 3.8) is 0 Å². The molecule has 0 radical (unpaired) electrons. The fourth-order valence-corrected chi connectivity index (χ4v) is 2.34. The van der Waals surface area contributed by atoms with E-state index in [1.54, 1.807) is 0 Å². The summed E-state index contributed by atoms with van der Waals surface area (Å²) in [6, 6.07) is 1.25. The number of hydrogen-bond acceptors (Lipinski definition) is 4. The number of amides is 1. The van der Waals surface area contributed by atoms with Crippen LogP contribution in [-0.4, -0.2) is 28.6 Å². The van der Waals surface area contributed by atoms with Crippen LogP contribution in [0.4, 0.5) is 15.8 Å². The SMILES string of the molecule is CC(C(=O)O)N1C(=O)C2(CC2)Oc2cc(F)c(N)cc21. The first-order valence-electron chi connectivity index (χ1n) is 6.20. The van der Waals surface area contributed by atoms with Gasteiger partial charge in [-0.1, -0.05) is 0 Å². The van der Waals surface area contributed by atoms with Crippen LogP contribution in [0.1, 0.15) is 19.8 Å². The monoisotopic (exact) mass is 280 g/mol. The number of ether oxygens (including phenoxy) is 1. The number of fused-ring (bicyclic) bond motifs is 1. The zero-order chi connectivity index (χ0) is 14.7. The van der Waals surface area contributed by atoms with Gasteiger partial charge in [-0.15, -0.1) is 0 Å². The molecule has 1 unspecified atom stereocenters. The number of hydrogen-bond donors (Lipinski definition) is 2. The molecular weight excluding hydrogens is 267 g/mol. The Morgan fingerprint density at radius 1 is 1.55 bits per heavy atom. The fourth-order valence-electron chi connectivity index (χ4n) is 2.34. The Morgan fingerprint density at radius 2 is 2.20 bits per heavy atom. The van der Waals surface area contributed by atoms with Crippen LogP contribution in [0.15, 0.2) is 12.1 Å². The smallest absolute Gasteiger partial charge is 0.326 e. The van der Waals surface area contributed by atoms with Crippen LogP contribution in [0.3, 0.4) is 0 Å². The summed E-state index contributed by atoms with van der Waals surface area (Å²) in [5, 5.41) is 9.15. The number of anilines is 2. The van der Waals surface area contributed by atoms with Gasteiger partial charge in [-0.2, -0.15) is 0 Å². The molecule has 106 valence electrons. The van der Waals surface area contributed by atoms with Crippen LogP contribution in [0.5, 0.6) is 5.75 Å². The number of aliphatic carboxylic acids is 1. The van der Waals surface area contributed by atoms with E-state index in [1.807, 2.05) is 0 Å². The minimum absolute atomic E-state index is 0.155. The maximum absolute atomic E-state index is 13.5. The van der Waals surface area contributed by atoms with Crippen molar-refractivity contribution in [1.29, 1.82) is 0 Å². The molecule has 1 aromatic rings. The van der Waals surface area contributed by atoms with Crippen LogP contribution in [-0.2, 0) is 9.59 Å². The van der Waals surface area contributed by atoms with Gasteiger partial charge in [0.15, 0.2) is 5.60 Å². The zero-order valence-electron chi connectivity index (χ0n) is 10.7. The van der Waals surface area contributed by atoms with Gasteiger partial charge in [0.1, 0.15) is 17.6 Å². The number of nitrogens with two attached hydrogens (primary N) is 1. The Bertz CT molecular complexity index is 627. The summed E-state index contributed by atoms with van der Waals surface area (Å²) >= 11 is 0. The molecule has 1 spiro atoms. The molecule has 1 amide bonds. The molecule has 0 bridgehead atoms. The number of nitrogens with zero attached hydrogens (tertiary/aromatic N) is 1. The molecule has 3 rings (SSSR count). The zero-order valence-corrected chi connectivity index (χ0v) is 10.7. The van der Waals surface area contributed by atoms with E-state index >= 15 is 0 Å². The van der Waals surface area contributed by atoms with Crippen molar-refractivity contribution in [1.82, 2.24) is 0 Å². The van der Waals surface area contributed by atoms with Crippen molar-refractivity contribution >= 4 is 23.3 Å². The van der Waals surface area contributed by atoms with Crippen molar-refractivity contribution < 1.29 is 23.8 Å². The summed E-state index contributed by atoms with van der Waals surface area (Å²) in [4.78, 5) is 24.7. The highest BCUT2D eigenvalue weighted by Gasteiger charge is 2.59. The average Bonchev–Trinajstić information content (AvgIpc) is 3.14. The van der Waals surface area contributed by atoms with Crippen molar-refractivity contribution in [2.45, 2.75) is 31.4 Å². The maximum Gasteiger partial charge on any atom is 0.326 e. The topological polar surface area (TPSA) is 92.9 Å². The molecular formula is C13H13FN2O4. The number of carbonyl (C=O) groups excluding carboxylic acids is 1. The third-order valence-electron chi connectivity index (χ3n) is 3.70. The highest BCUT2D eigenvalue weighted by molar-refractivity contribution is 6.08. The second kappa shape index (κ2) is 3.84. The highest BCUT2D eigenvalue weighted by Crippen LogP contribution is 2.50. The molecule has 1 heterocycles. The predicted octanol–water partition coefficient (Wildman–Crippen LogP) is 1.14. The third kappa shape index (κ3) is 1.62.